The monoisotopic (exact) mass is 457 g/mol. The van der Waals surface area contributed by atoms with Crippen molar-refractivity contribution in [3.8, 4) is 5.88 Å². The average Bonchev–Trinajstić information content (AvgIpc) is 2.76. The lowest BCUT2D eigenvalue weighted by Crippen LogP contribution is -2.61. The molecule has 1 saturated carbocycles. The zero-order chi connectivity index (χ0) is 24.3. The summed E-state index contributed by atoms with van der Waals surface area (Å²) >= 11 is 0. The maximum atomic E-state index is 13.2. The third-order valence-electron chi connectivity index (χ3n) is 6.96. The molecule has 0 spiro atoms. The van der Waals surface area contributed by atoms with Gasteiger partial charge in [-0.15, -0.1) is 0 Å². The minimum absolute atomic E-state index is 0.0127. The summed E-state index contributed by atoms with van der Waals surface area (Å²) in [5.74, 6) is -1.09. The fourth-order valence-corrected chi connectivity index (χ4v) is 4.88. The Bertz CT molecular complexity index is 962. The van der Waals surface area contributed by atoms with Crippen LogP contribution in [0, 0.1) is 12.3 Å². The van der Waals surface area contributed by atoms with Gasteiger partial charge in [-0.25, -0.2) is 9.78 Å². The number of ether oxygens (including phenoxy) is 1. The molecular weight excluding hydrogens is 422 g/mol. The molecule has 9 heteroatoms. The smallest absolute Gasteiger partial charge is 0.334 e. The number of nitrogens with two attached hydrogens (primary N) is 2. The molecule has 4 amide bonds. The highest BCUT2D eigenvalue weighted by molar-refractivity contribution is 6.29. The van der Waals surface area contributed by atoms with E-state index < -0.39 is 17.8 Å². The van der Waals surface area contributed by atoms with Crippen LogP contribution in [0.3, 0.4) is 0 Å². The first kappa shape index (κ1) is 24.5. The molecule has 0 atom stereocenters. The SMILES string of the molecule is CCCCN1C(=O)C(=C(N)N)C(=O)N(C2CCC(C)(Cc3ccnc(OC)c3C)CC2)C1=O. The normalized spacial score (nSPS) is 23.8. The summed E-state index contributed by atoms with van der Waals surface area (Å²) in [7, 11) is 1.62. The van der Waals surface area contributed by atoms with Crippen LogP contribution in [0.2, 0.25) is 0 Å². The molecule has 0 bridgehead atoms. The lowest BCUT2D eigenvalue weighted by atomic mass is 9.70. The van der Waals surface area contributed by atoms with Crippen molar-refractivity contribution in [1.82, 2.24) is 14.8 Å². The van der Waals surface area contributed by atoms with E-state index in [1.165, 1.54) is 10.5 Å². The molecule has 0 aromatic carbocycles. The van der Waals surface area contributed by atoms with Gasteiger partial charge in [-0.3, -0.25) is 19.4 Å². The Morgan fingerprint density at radius 1 is 1.21 bits per heavy atom. The van der Waals surface area contributed by atoms with Crippen LogP contribution in [0.4, 0.5) is 4.79 Å². The molecule has 9 nitrogen and oxygen atoms in total. The van der Waals surface area contributed by atoms with Gasteiger partial charge in [0.25, 0.3) is 11.8 Å². The molecule has 1 aliphatic carbocycles. The minimum Gasteiger partial charge on any atom is -0.481 e. The van der Waals surface area contributed by atoms with Gasteiger partial charge in [0.15, 0.2) is 0 Å². The molecule has 3 rings (SSSR count). The Labute approximate surface area is 195 Å². The highest BCUT2D eigenvalue weighted by Gasteiger charge is 2.47. The number of unbranched alkanes of at least 4 members (excludes halogenated alkanes) is 1. The van der Waals surface area contributed by atoms with Crippen molar-refractivity contribution >= 4 is 17.8 Å². The van der Waals surface area contributed by atoms with Crippen LogP contribution < -0.4 is 16.2 Å². The second kappa shape index (κ2) is 9.80. The van der Waals surface area contributed by atoms with Gasteiger partial charge in [-0.1, -0.05) is 20.3 Å². The third kappa shape index (κ3) is 4.82. The van der Waals surface area contributed by atoms with Crippen molar-refractivity contribution in [2.24, 2.45) is 16.9 Å². The van der Waals surface area contributed by atoms with Gasteiger partial charge in [0, 0.05) is 24.3 Å². The van der Waals surface area contributed by atoms with Crippen molar-refractivity contribution in [2.45, 2.75) is 71.8 Å². The summed E-state index contributed by atoms with van der Waals surface area (Å²) in [6.45, 7) is 6.45. The van der Waals surface area contributed by atoms with Crippen LogP contribution in [0.1, 0.15) is 63.5 Å². The zero-order valence-corrected chi connectivity index (χ0v) is 20.0. The topological polar surface area (TPSA) is 132 Å². The highest BCUT2D eigenvalue weighted by Crippen LogP contribution is 2.42. The Balaban J connectivity index is 1.78. The lowest BCUT2D eigenvalue weighted by Gasteiger charge is -2.44. The number of rotatable bonds is 7. The van der Waals surface area contributed by atoms with Gasteiger partial charge in [0.1, 0.15) is 11.4 Å². The number of aromatic nitrogens is 1. The van der Waals surface area contributed by atoms with E-state index in [1.807, 2.05) is 19.9 Å². The number of carbonyl (C=O) groups is 3. The first-order valence-corrected chi connectivity index (χ1v) is 11.6. The summed E-state index contributed by atoms with van der Waals surface area (Å²) < 4.78 is 5.35. The van der Waals surface area contributed by atoms with E-state index in [0.717, 1.165) is 36.1 Å². The average molecular weight is 458 g/mol. The number of amides is 4. The second-order valence-corrected chi connectivity index (χ2v) is 9.42. The van der Waals surface area contributed by atoms with E-state index in [9.17, 15) is 14.4 Å². The van der Waals surface area contributed by atoms with Gasteiger partial charge in [0.2, 0.25) is 5.88 Å². The van der Waals surface area contributed by atoms with Crippen LogP contribution in [0.15, 0.2) is 23.7 Å². The molecule has 180 valence electrons. The molecule has 2 heterocycles. The summed E-state index contributed by atoms with van der Waals surface area (Å²) in [5, 5.41) is 0. The third-order valence-corrected chi connectivity index (χ3v) is 6.96. The Morgan fingerprint density at radius 2 is 1.88 bits per heavy atom. The summed E-state index contributed by atoms with van der Waals surface area (Å²) in [6, 6.07) is 1.16. The largest absolute Gasteiger partial charge is 0.481 e. The van der Waals surface area contributed by atoms with E-state index in [4.69, 9.17) is 16.2 Å². The number of hydrogen-bond acceptors (Lipinski definition) is 7. The van der Waals surface area contributed by atoms with E-state index >= 15 is 0 Å². The molecule has 1 aliphatic heterocycles. The summed E-state index contributed by atoms with van der Waals surface area (Å²) in [5.41, 5.74) is 13.3. The van der Waals surface area contributed by atoms with Crippen LogP contribution >= 0.6 is 0 Å². The predicted octanol–water partition coefficient (Wildman–Crippen LogP) is 2.61. The molecule has 2 fully saturated rings. The number of barbiturate groups is 1. The van der Waals surface area contributed by atoms with Crippen molar-refractivity contribution in [2.75, 3.05) is 13.7 Å². The first-order chi connectivity index (χ1) is 15.6. The molecule has 2 aliphatic rings. The van der Waals surface area contributed by atoms with Gasteiger partial charge in [0.05, 0.1) is 7.11 Å². The molecular formula is C24H35N5O4. The maximum absolute atomic E-state index is 13.2. The summed E-state index contributed by atoms with van der Waals surface area (Å²) in [6.07, 6.45) is 7.05. The Kier molecular flexibility index (Phi) is 7.29. The van der Waals surface area contributed by atoms with Crippen LogP contribution in [0.25, 0.3) is 0 Å². The summed E-state index contributed by atoms with van der Waals surface area (Å²) in [4.78, 5) is 45.6. The standard InChI is InChI=1S/C24H35N5O4/c1-5-6-13-28-21(30)18(19(25)26)22(31)29(23(28)32)17-7-10-24(3,11-8-17)14-16-9-12-27-20(33-4)15(16)2/h9,12,17H,5-8,10-11,13-14,25-26H2,1-4H3. The molecule has 4 N–H and O–H groups in total. The van der Waals surface area contributed by atoms with Crippen LogP contribution in [0.5, 0.6) is 5.88 Å². The lowest BCUT2D eigenvalue weighted by molar-refractivity contribution is -0.138. The number of nitrogens with zero attached hydrogens (tertiary/aromatic N) is 3. The van der Waals surface area contributed by atoms with Gasteiger partial charge < -0.3 is 16.2 Å². The number of imide groups is 2. The van der Waals surface area contributed by atoms with E-state index in [1.54, 1.807) is 13.3 Å². The minimum atomic E-state index is -0.697. The Hall–Kier alpha value is -3.10. The molecule has 0 unspecified atom stereocenters. The number of hydrogen-bond donors (Lipinski definition) is 2. The maximum Gasteiger partial charge on any atom is 0.334 e. The van der Waals surface area contributed by atoms with Crippen LogP contribution in [-0.2, 0) is 16.0 Å². The quantitative estimate of drug-likeness (QED) is 0.475. The molecule has 1 aromatic heterocycles. The Morgan fingerprint density at radius 3 is 2.45 bits per heavy atom. The number of urea groups is 1. The second-order valence-electron chi connectivity index (χ2n) is 9.42. The van der Waals surface area contributed by atoms with Gasteiger partial charge in [-0.05, 0) is 62.5 Å². The van der Waals surface area contributed by atoms with Gasteiger partial charge >= 0.3 is 6.03 Å². The van der Waals surface area contributed by atoms with Crippen molar-refractivity contribution in [3.05, 3.63) is 34.8 Å². The zero-order valence-electron chi connectivity index (χ0n) is 20.0. The van der Waals surface area contributed by atoms with Crippen LogP contribution in [-0.4, -0.2) is 52.3 Å². The molecule has 33 heavy (non-hydrogen) atoms. The number of carbonyl (C=O) groups excluding carboxylic acids is 3. The van der Waals surface area contributed by atoms with Gasteiger partial charge in [-0.2, -0.15) is 0 Å². The van der Waals surface area contributed by atoms with E-state index in [-0.39, 0.29) is 29.4 Å². The number of methoxy groups -OCH3 is 1. The molecule has 0 radical (unpaired) electrons. The molecule has 1 aromatic rings. The van der Waals surface area contributed by atoms with E-state index in [2.05, 4.69) is 11.9 Å². The van der Waals surface area contributed by atoms with E-state index in [0.29, 0.717) is 25.1 Å². The first-order valence-electron chi connectivity index (χ1n) is 11.6. The van der Waals surface area contributed by atoms with Crippen molar-refractivity contribution < 1.29 is 19.1 Å². The van der Waals surface area contributed by atoms with Crippen molar-refractivity contribution in [3.63, 3.8) is 0 Å². The van der Waals surface area contributed by atoms with Crippen molar-refractivity contribution in [1.29, 1.82) is 0 Å². The highest BCUT2D eigenvalue weighted by atomic mass is 16.5. The molecule has 1 saturated heterocycles. The number of pyridine rings is 1. The fraction of sp³-hybridized carbons (Fsp3) is 0.583. The predicted molar refractivity (Wildman–Crippen MR) is 124 cm³/mol. The fourth-order valence-electron chi connectivity index (χ4n) is 4.88.